The van der Waals surface area contributed by atoms with Crippen LogP contribution in [0.3, 0.4) is 0 Å². The molecule has 1 heterocycles. The summed E-state index contributed by atoms with van der Waals surface area (Å²) in [5.41, 5.74) is 16.6. The lowest BCUT2D eigenvalue weighted by molar-refractivity contribution is 0.769. The van der Waals surface area contributed by atoms with E-state index in [1.807, 2.05) is 48.5 Å². The first-order valence-corrected chi connectivity index (χ1v) is 21.2. The van der Waals surface area contributed by atoms with Crippen molar-refractivity contribution < 1.29 is 0 Å². The second-order valence-electron chi connectivity index (χ2n) is 15.9. The summed E-state index contributed by atoms with van der Waals surface area (Å²) in [5, 5.41) is 9.72. The van der Waals surface area contributed by atoms with Crippen molar-refractivity contribution in [2.24, 2.45) is 0 Å². The topological polar surface area (TPSA) is 62.5 Å². The molecule has 63 heavy (non-hydrogen) atoms. The summed E-state index contributed by atoms with van der Waals surface area (Å²) in [6.07, 6.45) is 0. The van der Waals surface area contributed by atoms with Crippen LogP contribution in [0.15, 0.2) is 231 Å². The highest BCUT2D eigenvalue weighted by molar-refractivity contribution is 5.95. The van der Waals surface area contributed by atoms with E-state index >= 15 is 0 Å². The second kappa shape index (κ2) is 15.8. The van der Waals surface area contributed by atoms with Gasteiger partial charge in [-0.15, -0.1) is 0 Å². The average Bonchev–Trinajstić information content (AvgIpc) is 3.67. The molecule has 294 valence electrons. The van der Waals surface area contributed by atoms with E-state index in [0.717, 1.165) is 50.1 Å². The molecule has 0 radical (unpaired) electrons. The number of benzene rings is 9. The predicted octanol–water partition coefficient (Wildman–Crippen LogP) is 14.1. The van der Waals surface area contributed by atoms with Crippen LogP contribution in [0.1, 0.15) is 27.8 Å². The minimum absolute atomic E-state index is 0.556. The van der Waals surface area contributed by atoms with Gasteiger partial charge in [-0.05, 0) is 97.1 Å². The lowest BCUT2D eigenvalue weighted by Gasteiger charge is -2.34. The molecular weight excluding hydrogens is 765 g/mol. The van der Waals surface area contributed by atoms with Gasteiger partial charge in [0.15, 0.2) is 17.5 Å². The second-order valence-corrected chi connectivity index (χ2v) is 15.9. The zero-order chi connectivity index (χ0) is 42.2. The van der Waals surface area contributed by atoms with Gasteiger partial charge in [0, 0.05) is 16.7 Å². The summed E-state index contributed by atoms with van der Waals surface area (Å²) in [5.74, 6) is 1.82. The lowest BCUT2D eigenvalue weighted by Crippen LogP contribution is -2.28. The fourth-order valence-electron chi connectivity index (χ4n) is 9.31. The van der Waals surface area contributed by atoms with E-state index in [9.17, 15) is 5.26 Å². The van der Waals surface area contributed by atoms with Crippen LogP contribution in [0.5, 0.6) is 0 Å². The van der Waals surface area contributed by atoms with E-state index in [1.54, 1.807) is 0 Å². The number of nitriles is 1. The Bertz CT molecular complexity index is 3260. The third-order valence-electron chi connectivity index (χ3n) is 12.3. The summed E-state index contributed by atoms with van der Waals surface area (Å²) >= 11 is 0. The Morgan fingerprint density at radius 1 is 0.302 bits per heavy atom. The third-order valence-corrected chi connectivity index (χ3v) is 12.3. The Hall–Kier alpha value is -8.52. The molecule has 0 fully saturated rings. The quantitative estimate of drug-likeness (QED) is 0.153. The summed E-state index contributed by atoms with van der Waals surface area (Å²) in [6.45, 7) is 0. The first-order valence-electron chi connectivity index (χ1n) is 21.2. The third kappa shape index (κ3) is 6.61. The zero-order valence-corrected chi connectivity index (χ0v) is 34.2. The Morgan fingerprint density at radius 3 is 1.35 bits per heavy atom. The van der Waals surface area contributed by atoms with E-state index in [2.05, 4.69) is 188 Å². The van der Waals surface area contributed by atoms with Crippen LogP contribution in [0.4, 0.5) is 0 Å². The molecule has 1 aromatic heterocycles. The molecular formula is C59H38N4. The molecule has 0 spiro atoms. The summed E-state index contributed by atoms with van der Waals surface area (Å²) in [4.78, 5) is 15.2. The molecule has 10 aromatic rings. The van der Waals surface area contributed by atoms with E-state index in [1.165, 1.54) is 33.4 Å². The van der Waals surface area contributed by atoms with E-state index in [-0.39, 0.29) is 0 Å². The first kappa shape index (κ1) is 37.5. The van der Waals surface area contributed by atoms with Crippen LogP contribution in [0, 0.1) is 11.3 Å². The van der Waals surface area contributed by atoms with Gasteiger partial charge in [-0.3, -0.25) is 0 Å². The Morgan fingerprint density at radius 2 is 0.746 bits per heavy atom. The maximum atomic E-state index is 9.72. The molecule has 4 heteroatoms. The maximum Gasteiger partial charge on any atom is 0.164 e. The summed E-state index contributed by atoms with van der Waals surface area (Å²) in [7, 11) is 0. The number of nitrogens with zero attached hydrogens (tertiary/aromatic N) is 4. The van der Waals surface area contributed by atoms with Gasteiger partial charge in [0.1, 0.15) is 0 Å². The van der Waals surface area contributed by atoms with Gasteiger partial charge in [-0.1, -0.05) is 200 Å². The number of rotatable bonds is 8. The smallest absolute Gasteiger partial charge is 0.164 e. The molecule has 1 aliphatic rings. The van der Waals surface area contributed by atoms with Crippen LogP contribution in [0.2, 0.25) is 0 Å². The van der Waals surface area contributed by atoms with Crippen molar-refractivity contribution in [3.8, 4) is 84.7 Å². The summed E-state index contributed by atoms with van der Waals surface area (Å²) < 4.78 is 0. The molecule has 0 aliphatic heterocycles. The minimum Gasteiger partial charge on any atom is -0.208 e. The standard InChI is InChI=1S/C59H38N4/c60-39-40-28-30-42(31-29-40)51-37-53-50-26-13-14-27-54(50)59(48-22-9-3-10-23-48,49-24-11-4-12-25-49)55(53)38-52(51)43-32-34-45(35-33-43)57-61-56(44-18-7-2-8-19-44)62-58(63-57)47-21-15-20-46(36-47)41-16-5-1-6-17-41/h1-38H. The maximum absolute atomic E-state index is 9.72. The molecule has 0 atom stereocenters. The van der Waals surface area contributed by atoms with Crippen molar-refractivity contribution in [1.29, 1.82) is 5.26 Å². The monoisotopic (exact) mass is 802 g/mol. The van der Waals surface area contributed by atoms with Crippen LogP contribution in [-0.4, -0.2) is 15.0 Å². The molecule has 0 bridgehead atoms. The van der Waals surface area contributed by atoms with Crippen molar-refractivity contribution in [2.45, 2.75) is 5.41 Å². The summed E-state index contributed by atoms with van der Waals surface area (Å²) in [6, 6.07) is 83.0. The van der Waals surface area contributed by atoms with E-state index in [0.29, 0.717) is 23.0 Å². The van der Waals surface area contributed by atoms with Crippen molar-refractivity contribution >= 4 is 0 Å². The fourth-order valence-corrected chi connectivity index (χ4v) is 9.31. The van der Waals surface area contributed by atoms with Gasteiger partial charge in [0.05, 0.1) is 17.0 Å². The van der Waals surface area contributed by atoms with Gasteiger partial charge in [-0.2, -0.15) is 5.26 Å². The molecule has 9 aromatic carbocycles. The minimum atomic E-state index is -0.556. The van der Waals surface area contributed by atoms with Crippen molar-refractivity contribution in [1.82, 2.24) is 15.0 Å². The van der Waals surface area contributed by atoms with Crippen LogP contribution in [-0.2, 0) is 5.41 Å². The average molecular weight is 803 g/mol. The number of hydrogen-bond acceptors (Lipinski definition) is 4. The van der Waals surface area contributed by atoms with Crippen molar-refractivity contribution in [2.75, 3.05) is 0 Å². The predicted molar refractivity (Wildman–Crippen MR) is 254 cm³/mol. The fraction of sp³-hybridized carbons (Fsp3) is 0.0169. The molecule has 0 unspecified atom stereocenters. The van der Waals surface area contributed by atoms with Gasteiger partial charge in [0.2, 0.25) is 0 Å². The number of fused-ring (bicyclic) bond motifs is 3. The van der Waals surface area contributed by atoms with Gasteiger partial charge in [-0.25, -0.2) is 15.0 Å². The SMILES string of the molecule is N#Cc1ccc(-c2cc3c(cc2-c2ccc(-c4nc(-c5ccccc5)nc(-c5cccc(-c6ccccc6)c5)n4)cc2)C(c2ccccc2)(c2ccccc2)c2ccccc2-3)cc1. The number of hydrogen-bond donors (Lipinski definition) is 0. The van der Waals surface area contributed by atoms with E-state index in [4.69, 9.17) is 15.0 Å². The first-order chi connectivity index (χ1) is 31.2. The molecule has 0 saturated heterocycles. The molecule has 0 amide bonds. The van der Waals surface area contributed by atoms with Gasteiger partial charge < -0.3 is 0 Å². The van der Waals surface area contributed by atoms with Gasteiger partial charge in [0.25, 0.3) is 0 Å². The van der Waals surface area contributed by atoms with E-state index < -0.39 is 5.41 Å². The molecule has 0 saturated carbocycles. The van der Waals surface area contributed by atoms with Crippen LogP contribution < -0.4 is 0 Å². The highest BCUT2D eigenvalue weighted by atomic mass is 15.0. The normalized spacial score (nSPS) is 12.2. The lowest BCUT2D eigenvalue weighted by atomic mass is 9.67. The highest BCUT2D eigenvalue weighted by Crippen LogP contribution is 2.58. The van der Waals surface area contributed by atoms with Crippen molar-refractivity contribution in [3.63, 3.8) is 0 Å². The Balaban J connectivity index is 1.09. The van der Waals surface area contributed by atoms with Crippen LogP contribution >= 0.6 is 0 Å². The Labute approximate surface area is 367 Å². The molecule has 4 nitrogen and oxygen atoms in total. The highest BCUT2D eigenvalue weighted by Gasteiger charge is 2.46. The molecule has 11 rings (SSSR count). The number of aromatic nitrogens is 3. The van der Waals surface area contributed by atoms with Gasteiger partial charge >= 0.3 is 0 Å². The zero-order valence-electron chi connectivity index (χ0n) is 34.2. The molecule has 0 N–H and O–H groups in total. The molecule has 1 aliphatic carbocycles. The largest absolute Gasteiger partial charge is 0.208 e. The van der Waals surface area contributed by atoms with Crippen molar-refractivity contribution in [3.05, 3.63) is 258 Å². The Kier molecular flexibility index (Phi) is 9.41. The van der Waals surface area contributed by atoms with Crippen LogP contribution in [0.25, 0.3) is 78.7 Å².